The summed E-state index contributed by atoms with van der Waals surface area (Å²) in [6, 6.07) is 3.06. The number of nitrogens with one attached hydrogen (secondary N) is 3. The van der Waals surface area contributed by atoms with Crippen LogP contribution in [0.2, 0.25) is 4.34 Å². The smallest absolute Gasteiger partial charge is 0.250 e. The number of sulfonamides is 1. The number of hydrogen-bond donors (Lipinski definition) is 3. The van der Waals surface area contributed by atoms with E-state index in [4.69, 9.17) is 11.6 Å². The van der Waals surface area contributed by atoms with E-state index >= 15 is 0 Å². The number of thiazole rings is 1. The minimum atomic E-state index is -3.52. The first-order valence-corrected chi connectivity index (χ1v) is 11.4. The van der Waals surface area contributed by atoms with Crippen LogP contribution in [0.4, 0.5) is 0 Å². The fourth-order valence-electron chi connectivity index (χ4n) is 2.03. The van der Waals surface area contributed by atoms with Gasteiger partial charge in [-0.15, -0.1) is 46.7 Å². The van der Waals surface area contributed by atoms with Gasteiger partial charge in [-0.05, 0) is 26.0 Å². The van der Waals surface area contributed by atoms with Gasteiger partial charge in [0.25, 0.3) is 0 Å². The number of aromatic nitrogens is 1. The zero-order valence-electron chi connectivity index (χ0n) is 15.2. The van der Waals surface area contributed by atoms with Crippen LogP contribution >= 0.6 is 58.3 Å². The molecule has 0 bridgehead atoms. The minimum Gasteiger partial charge on any atom is -0.356 e. The van der Waals surface area contributed by atoms with Crippen LogP contribution in [0, 0.1) is 13.8 Å². The number of hydrogen-bond acceptors (Lipinski definition) is 6. The van der Waals surface area contributed by atoms with Crippen molar-refractivity contribution in [2.75, 3.05) is 26.7 Å². The monoisotopic (exact) mass is 563 g/mol. The Labute approximate surface area is 190 Å². The number of nitrogens with zero attached hydrogens (tertiary/aromatic N) is 2. The van der Waals surface area contributed by atoms with E-state index in [1.807, 2.05) is 6.92 Å². The van der Waals surface area contributed by atoms with E-state index in [0.29, 0.717) is 23.4 Å². The first kappa shape index (κ1) is 24.6. The van der Waals surface area contributed by atoms with E-state index in [1.54, 1.807) is 24.5 Å². The predicted molar refractivity (Wildman–Crippen MR) is 125 cm³/mol. The van der Waals surface area contributed by atoms with Crippen molar-refractivity contribution in [2.24, 2.45) is 4.99 Å². The van der Waals surface area contributed by atoms with Gasteiger partial charge in [-0.3, -0.25) is 4.99 Å². The van der Waals surface area contributed by atoms with Crippen molar-refractivity contribution in [3.63, 3.8) is 0 Å². The maximum atomic E-state index is 12.1. The molecule has 27 heavy (non-hydrogen) atoms. The fourth-order valence-corrected chi connectivity index (χ4v) is 5.53. The van der Waals surface area contributed by atoms with Crippen molar-refractivity contribution in [1.82, 2.24) is 20.3 Å². The molecule has 0 aliphatic rings. The highest BCUT2D eigenvalue weighted by molar-refractivity contribution is 14.0. The molecule has 0 amide bonds. The standard InChI is InChI=1S/C15H22ClN5O2S3.HI/c1-10-11(2)24-13(21-10)6-7-18-15(17-3)19-8-9-20-26(22,23)14-5-4-12(16)25-14;/h4-5,20H,6-9H2,1-3H3,(H2,17,18,19);1H. The van der Waals surface area contributed by atoms with Crippen molar-refractivity contribution in [1.29, 1.82) is 0 Å². The second-order valence-corrected chi connectivity index (χ2v) is 10.4. The molecule has 0 saturated carbocycles. The lowest BCUT2D eigenvalue weighted by Gasteiger charge is -2.11. The fraction of sp³-hybridized carbons (Fsp3) is 0.467. The van der Waals surface area contributed by atoms with Crippen LogP contribution in [0.15, 0.2) is 21.3 Å². The SMILES string of the molecule is CN=C(NCCNS(=O)(=O)c1ccc(Cl)s1)NCCc1nc(C)c(C)s1.I. The molecule has 0 radical (unpaired) electrons. The summed E-state index contributed by atoms with van der Waals surface area (Å²) in [5.41, 5.74) is 1.08. The quantitative estimate of drug-likeness (QED) is 0.199. The first-order valence-electron chi connectivity index (χ1n) is 7.94. The number of halogens is 2. The molecule has 0 unspecified atom stereocenters. The maximum absolute atomic E-state index is 12.1. The Kier molecular flexibility index (Phi) is 10.5. The van der Waals surface area contributed by atoms with E-state index in [0.717, 1.165) is 28.5 Å². The van der Waals surface area contributed by atoms with Crippen LogP contribution in [-0.2, 0) is 16.4 Å². The molecule has 2 aromatic rings. The Morgan fingerprint density at radius 2 is 1.89 bits per heavy atom. The summed E-state index contributed by atoms with van der Waals surface area (Å²) < 4.78 is 27.3. The van der Waals surface area contributed by atoms with Crippen molar-refractivity contribution in [3.8, 4) is 0 Å². The van der Waals surface area contributed by atoms with Gasteiger partial charge in [-0.25, -0.2) is 18.1 Å². The highest BCUT2D eigenvalue weighted by atomic mass is 127. The summed E-state index contributed by atoms with van der Waals surface area (Å²) in [6.07, 6.45) is 0.811. The molecule has 3 N–H and O–H groups in total. The second kappa shape index (κ2) is 11.5. The minimum absolute atomic E-state index is 0. The summed E-state index contributed by atoms with van der Waals surface area (Å²) in [4.78, 5) is 9.86. The van der Waals surface area contributed by atoms with Gasteiger partial charge in [-0.1, -0.05) is 11.6 Å². The molecule has 2 heterocycles. The number of guanidine groups is 1. The predicted octanol–water partition coefficient (Wildman–Crippen LogP) is 2.78. The zero-order chi connectivity index (χ0) is 19.2. The van der Waals surface area contributed by atoms with Crippen molar-refractivity contribution < 1.29 is 8.42 Å². The van der Waals surface area contributed by atoms with Crippen LogP contribution in [0.25, 0.3) is 0 Å². The lowest BCUT2D eigenvalue weighted by Crippen LogP contribution is -2.42. The average Bonchev–Trinajstić information content (AvgIpc) is 3.16. The van der Waals surface area contributed by atoms with E-state index in [1.165, 1.54) is 10.9 Å². The lowest BCUT2D eigenvalue weighted by molar-refractivity contribution is 0.582. The Morgan fingerprint density at radius 3 is 2.44 bits per heavy atom. The molecule has 0 atom stereocenters. The highest BCUT2D eigenvalue weighted by Crippen LogP contribution is 2.25. The molecule has 0 saturated heterocycles. The lowest BCUT2D eigenvalue weighted by atomic mass is 10.4. The molecule has 0 spiro atoms. The van der Waals surface area contributed by atoms with E-state index in [9.17, 15) is 8.42 Å². The third-order valence-electron chi connectivity index (χ3n) is 3.45. The number of aryl methyl sites for hydroxylation is 2. The Morgan fingerprint density at radius 1 is 1.19 bits per heavy atom. The largest absolute Gasteiger partial charge is 0.356 e. The molecule has 2 aromatic heterocycles. The maximum Gasteiger partial charge on any atom is 0.250 e. The van der Waals surface area contributed by atoms with E-state index < -0.39 is 10.0 Å². The van der Waals surface area contributed by atoms with Crippen LogP contribution in [-0.4, -0.2) is 46.0 Å². The van der Waals surface area contributed by atoms with Gasteiger partial charge in [0.05, 0.1) is 15.0 Å². The molecule has 0 aliphatic carbocycles. The summed E-state index contributed by atoms with van der Waals surface area (Å²) in [5.74, 6) is 0.619. The molecule has 0 aromatic carbocycles. The third-order valence-corrected chi connectivity index (χ3v) is 7.77. The van der Waals surface area contributed by atoms with E-state index in [-0.39, 0.29) is 34.7 Å². The number of thiophene rings is 1. The van der Waals surface area contributed by atoms with Gasteiger partial charge < -0.3 is 10.6 Å². The van der Waals surface area contributed by atoms with Gasteiger partial charge in [0.15, 0.2) is 5.96 Å². The molecule has 2 rings (SSSR count). The summed E-state index contributed by atoms with van der Waals surface area (Å²) in [6.45, 7) is 5.42. The van der Waals surface area contributed by atoms with Crippen LogP contribution in [0.5, 0.6) is 0 Å². The van der Waals surface area contributed by atoms with Gasteiger partial charge in [0.2, 0.25) is 10.0 Å². The molecule has 0 fully saturated rings. The van der Waals surface area contributed by atoms with Crippen molar-refractivity contribution in [2.45, 2.75) is 24.5 Å². The zero-order valence-corrected chi connectivity index (χ0v) is 20.7. The van der Waals surface area contributed by atoms with Gasteiger partial charge in [-0.2, -0.15) is 0 Å². The molecule has 12 heteroatoms. The normalized spacial score (nSPS) is 11.9. The Bertz CT molecular complexity index is 847. The summed E-state index contributed by atoms with van der Waals surface area (Å²) in [7, 11) is -1.85. The van der Waals surface area contributed by atoms with Crippen molar-refractivity contribution >= 4 is 74.2 Å². The topological polar surface area (TPSA) is 95.5 Å². The number of aliphatic imine (C=N–C) groups is 1. The highest BCUT2D eigenvalue weighted by Gasteiger charge is 2.15. The van der Waals surface area contributed by atoms with Gasteiger partial charge >= 0.3 is 0 Å². The first-order chi connectivity index (χ1) is 12.3. The molecular formula is C15H23ClIN5O2S3. The third kappa shape index (κ3) is 7.81. The molecule has 7 nitrogen and oxygen atoms in total. The van der Waals surface area contributed by atoms with Gasteiger partial charge in [0, 0.05) is 38.0 Å². The Hall–Kier alpha value is -0.470. The Balaban J connectivity index is 0.00000364. The summed E-state index contributed by atoms with van der Waals surface area (Å²) in [5, 5.41) is 7.35. The average molecular weight is 564 g/mol. The van der Waals surface area contributed by atoms with Crippen LogP contribution < -0.4 is 15.4 Å². The van der Waals surface area contributed by atoms with Gasteiger partial charge in [0.1, 0.15) is 4.21 Å². The summed E-state index contributed by atoms with van der Waals surface area (Å²) >= 11 is 8.51. The molecule has 152 valence electrons. The second-order valence-electron chi connectivity index (χ2n) is 5.38. The number of rotatable bonds is 8. The molecule has 0 aliphatic heterocycles. The van der Waals surface area contributed by atoms with Crippen molar-refractivity contribution in [3.05, 3.63) is 32.0 Å². The van der Waals surface area contributed by atoms with E-state index in [2.05, 4.69) is 32.3 Å². The molecular weight excluding hydrogens is 541 g/mol. The van der Waals surface area contributed by atoms with Crippen LogP contribution in [0.1, 0.15) is 15.6 Å². The van der Waals surface area contributed by atoms with Crippen LogP contribution in [0.3, 0.4) is 0 Å².